The van der Waals surface area contributed by atoms with E-state index in [1.165, 1.54) is 25.7 Å². The van der Waals surface area contributed by atoms with Gasteiger partial charge < -0.3 is 15.4 Å². The normalized spacial score (nSPS) is 10.5. The molecule has 0 fully saturated rings. The molecule has 0 aromatic heterocycles. The van der Waals surface area contributed by atoms with Crippen molar-refractivity contribution in [2.45, 2.75) is 58.8 Å². The van der Waals surface area contributed by atoms with E-state index in [-0.39, 0.29) is 5.91 Å². The van der Waals surface area contributed by atoms with E-state index in [0.29, 0.717) is 13.2 Å². The molecule has 4 heteroatoms. The van der Waals surface area contributed by atoms with Crippen LogP contribution in [0.1, 0.15) is 58.8 Å². The summed E-state index contributed by atoms with van der Waals surface area (Å²) >= 11 is 0. The van der Waals surface area contributed by atoms with Crippen LogP contribution in [0.2, 0.25) is 0 Å². The van der Waals surface area contributed by atoms with Gasteiger partial charge in [-0.25, -0.2) is 0 Å². The summed E-state index contributed by atoms with van der Waals surface area (Å²) in [5.41, 5.74) is 0.748. The number of unbranched alkanes of at least 4 members (excludes halogenated alkanes) is 5. The molecule has 0 saturated heterocycles. The van der Waals surface area contributed by atoms with Crippen molar-refractivity contribution in [3.8, 4) is 5.75 Å². The molecule has 0 unspecified atom stereocenters. The smallest absolute Gasteiger partial charge is 0.238 e. The fraction of sp³-hybridized carbons (Fsp3) is 0.632. The van der Waals surface area contributed by atoms with Crippen molar-refractivity contribution in [1.29, 1.82) is 0 Å². The molecule has 0 bridgehead atoms. The lowest BCUT2D eigenvalue weighted by Gasteiger charge is -2.12. The Kier molecular flexibility index (Phi) is 11.0. The average molecular weight is 320 g/mol. The number of nitrogens with one attached hydrogen (secondary N) is 2. The SMILES string of the molecule is CCCCCCCNCC(=O)Nc1ccccc1OCCCC. The molecule has 2 N–H and O–H groups in total. The van der Waals surface area contributed by atoms with E-state index >= 15 is 0 Å². The van der Waals surface area contributed by atoms with Gasteiger partial charge in [-0.3, -0.25) is 4.79 Å². The molecule has 130 valence electrons. The van der Waals surface area contributed by atoms with Crippen LogP contribution in [0.5, 0.6) is 5.75 Å². The molecule has 23 heavy (non-hydrogen) atoms. The lowest BCUT2D eigenvalue weighted by Crippen LogP contribution is -2.28. The van der Waals surface area contributed by atoms with Crippen molar-refractivity contribution in [2.75, 3.05) is 25.0 Å². The third kappa shape index (κ3) is 9.24. The van der Waals surface area contributed by atoms with E-state index < -0.39 is 0 Å². The van der Waals surface area contributed by atoms with E-state index in [0.717, 1.165) is 37.2 Å². The Hall–Kier alpha value is -1.55. The number of ether oxygens (including phenoxy) is 1. The monoisotopic (exact) mass is 320 g/mol. The van der Waals surface area contributed by atoms with Gasteiger partial charge in [-0.1, -0.05) is 58.1 Å². The first-order valence-corrected chi connectivity index (χ1v) is 9.00. The number of para-hydroxylation sites is 2. The molecule has 0 aliphatic rings. The van der Waals surface area contributed by atoms with E-state index in [2.05, 4.69) is 24.5 Å². The second kappa shape index (κ2) is 12.9. The van der Waals surface area contributed by atoms with Gasteiger partial charge in [0, 0.05) is 0 Å². The first kappa shape index (κ1) is 19.5. The van der Waals surface area contributed by atoms with Gasteiger partial charge in [0.2, 0.25) is 5.91 Å². The van der Waals surface area contributed by atoms with Gasteiger partial charge >= 0.3 is 0 Å². The Balaban J connectivity index is 2.25. The zero-order valence-corrected chi connectivity index (χ0v) is 14.7. The third-order valence-corrected chi connectivity index (χ3v) is 3.66. The molecule has 1 rings (SSSR count). The topological polar surface area (TPSA) is 50.4 Å². The second-order valence-electron chi connectivity index (χ2n) is 5.84. The molecule has 0 radical (unpaired) electrons. The molecule has 0 atom stereocenters. The van der Waals surface area contributed by atoms with Crippen molar-refractivity contribution >= 4 is 11.6 Å². The number of benzene rings is 1. The van der Waals surface area contributed by atoms with Crippen molar-refractivity contribution < 1.29 is 9.53 Å². The van der Waals surface area contributed by atoms with Crippen LogP contribution in [-0.4, -0.2) is 25.6 Å². The Morgan fingerprint density at radius 1 is 1.00 bits per heavy atom. The minimum atomic E-state index is -0.0231. The summed E-state index contributed by atoms with van der Waals surface area (Å²) in [5, 5.41) is 6.12. The molecule has 0 saturated carbocycles. The number of rotatable bonds is 13. The van der Waals surface area contributed by atoms with Crippen LogP contribution in [0.25, 0.3) is 0 Å². The summed E-state index contributed by atoms with van der Waals surface area (Å²) in [6.07, 6.45) is 8.32. The summed E-state index contributed by atoms with van der Waals surface area (Å²) in [4.78, 5) is 12.0. The molecule has 0 aliphatic carbocycles. The fourth-order valence-corrected chi connectivity index (χ4v) is 2.27. The number of carbonyl (C=O) groups is 1. The van der Waals surface area contributed by atoms with Crippen LogP contribution in [0.15, 0.2) is 24.3 Å². The molecule has 1 aromatic rings. The Labute approximate surface area is 141 Å². The van der Waals surface area contributed by atoms with Crippen LogP contribution in [0.4, 0.5) is 5.69 Å². The molecule has 0 spiro atoms. The largest absolute Gasteiger partial charge is 0.491 e. The van der Waals surface area contributed by atoms with Crippen LogP contribution >= 0.6 is 0 Å². The summed E-state index contributed by atoms with van der Waals surface area (Å²) in [7, 11) is 0. The van der Waals surface area contributed by atoms with E-state index in [9.17, 15) is 4.79 Å². The van der Waals surface area contributed by atoms with Crippen molar-refractivity contribution in [2.24, 2.45) is 0 Å². The zero-order chi connectivity index (χ0) is 16.8. The van der Waals surface area contributed by atoms with Crippen LogP contribution in [0.3, 0.4) is 0 Å². The van der Waals surface area contributed by atoms with Gasteiger partial charge in [-0.2, -0.15) is 0 Å². The molecule has 1 amide bonds. The number of anilines is 1. The van der Waals surface area contributed by atoms with Crippen LogP contribution < -0.4 is 15.4 Å². The van der Waals surface area contributed by atoms with Crippen molar-refractivity contribution in [1.82, 2.24) is 5.32 Å². The maximum atomic E-state index is 12.0. The van der Waals surface area contributed by atoms with Gasteiger partial charge in [0.05, 0.1) is 18.8 Å². The number of amides is 1. The standard InChI is InChI=1S/C19H32N2O2/c1-3-5-7-8-11-14-20-16-19(22)21-17-12-9-10-13-18(17)23-15-6-4-2/h9-10,12-13,20H,3-8,11,14-16H2,1-2H3,(H,21,22). The van der Waals surface area contributed by atoms with E-state index in [1.807, 2.05) is 24.3 Å². The van der Waals surface area contributed by atoms with E-state index in [1.54, 1.807) is 0 Å². The molecular weight excluding hydrogens is 288 g/mol. The lowest BCUT2D eigenvalue weighted by atomic mass is 10.1. The van der Waals surface area contributed by atoms with Gasteiger partial charge in [0.15, 0.2) is 0 Å². The van der Waals surface area contributed by atoms with Gasteiger partial charge in [0.1, 0.15) is 5.75 Å². The quantitative estimate of drug-likeness (QED) is 0.531. The predicted octanol–water partition coefficient (Wildman–Crippen LogP) is 4.36. The number of hydrogen-bond donors (Lipinski definition) is 2. The molecular formula is C19H32N2O2. The highest BCUT2D eigenvalue weighted by atomic mass is 16.5. The third-order valence-electron chi connectivity index (χ3n) is 3.66. The van der Waals surface area contributed by atoms with Crippen molar-refractivity contribution in [3.05, 3.63) is 24.3 Å². The highest BCUT2D eigenvalue weighted by molar-refractivity contribution is 5.93. The van der Waals surface area contributed by atoms with Gasteiger partial charge in [-0.05, 0) is 31.5 Å². The summed E-state index contributed by atoms with van der Waals surface area (Å²) in [6, 6.07) is 7.60. The Morgan fingerprint density at radius 2 is 1.74 bits per heavy atom. The molecule has 4 nitrogen and oxygen atoms in total. The predicted molar refractivity (Wildman–Crippen MR) is 97.1 cm³/mol. The minimum absolute atomic E-state index is 0.0231. The van der Waals surface area contributed by atoms with Crippen LogP contribution in [0, 0.1) is 0 Å². The zero-order valence-electron chi connectivity index (χ0n) is 14.7. The maximum absolute atomic E-state index is 12.0. The molecule has 0 heterocycles. The highest BCUT2D eigenvalue weighted by Gasteiger charge is 2.07. The number of carbonyl (C=O) groups excluding carboxylic acids is 1. The lowest BCUT2D eigenvalue weighted by molar-refractivity contribution is -0.115. The van der Waals surface area contributed by atoms with Gasteiger partial charge in [-0.15, -0.1) is 0 Å². The number of hydrogen-bond acceptors (Lipinski definition) is 3. The molecule has 1 aromatic carbocycles. The summed E-state index contributed by atoms with van der Waals surface area (Å²) in [5.74, 6) is 0.721. The average Bonchev–Trinajstić information content (AvgIpc) is 2.56. The second-order valence-corrected chi connectivity index (χ2v) is 5.84. The molecule has 0 aliphatic heterocycles. The van der Waals surface area contributed by atoms with Crippen molar-refractivity contribution in [3.63, 3.8) is 0 Å². The maximum Gasteiger partial charge on any atom is 0.238 e. The first-order valence-electron chi connectivity index (χ1n) is 9.00. The van der Waals surface area contributed by atoms with E-state index in [4.69, 9.17) is 4.74 Å². The van der Waals surface area contributed by atoms with Crippen LogP contribution in [-0.2, 0) is 4.79 Å². The van der Waals surface area contributed by atoms with Gasteiger partial charge in [0.25, 0.3) is 0 Å². The fourth-order valence-electron chi connectivity index (χ4n) is 2.27. The minimum Gasteiger partial charge on any atom is -0.491 e. The first-order chi connectivity index (χ1) is 11.3. The summed E-state index contributed by atoms with van der Waals surface area (Å²) in [6.45, 7) is 6.26. The highest BCUT2D eigenvalue weighted by Crippen LogP contribution is 2.23. The Morgan fingerprint density at radius 3 is 2.52 bits per heavy atom. The summed E-state index contributed by atoms with van der Waals surface area (Å²) < 4.78 is 5.72. The Bertz CT molecular complexity index is 435.